The Kier molecular flexibility index (Phi) is 10.8. The Hall–Kier alpha value is -6.05. The molecule has 1 aromatic heterocycles. The number of nitrogens with one attached hydrogen (secondary N) is 1. The zero-order valence-electron chi connectivity index (χ0n) is 37.6. The standard InChI is InChI=1S/C52H55BF2N4O3/c1-33-29-35(3)58-49(33)48(50-34(2)30-36(4)59(50)53(58,54)55)39-26-24-38(32-44(39)62-10)23-22-37-25-27-42-41(31-37)52(7,8)45(56(42)9)19-16-20-46-51(5,6)40-17-13-14-18-43(40)57(46)28-15-11-12-21-47(60)61/h13-14,16-20,24-27,29-32H,11-12,15,21,28H2,1-10H3/q+1/p+1. The minimum Gasteiger partial charge on any atom is -0.496 e. The Balaban J connectivity index is 1.06. The zero-order chi connectivity index (χ0) is 44.5. The summed E-state index contributed by atoms with van der Waals surface area (Å²) in [6.07, 6.45) is 11.0. The first-order valence-corrected chi connectivity index (χ1v) is 21.7. The van der Waals surface area contributed by atoms with E-state index in [1.54, 1.807) is 21.0 Å². The smallest absolute Gasteiger partial charge is 0.496 e. The molecule has 317 valence electrons. The topological polar surface area (TPSA) is 61.6 Å². The van der Waals surface area contributed by atoms with Crippen LogP contribution < -0.4 is 9.64 Å². The molecular weight excluding hydrogens is 777 g/mol. The molecule has 4 aromatic rings. The Labute approximate surface area is 364 Å². The van der Waals surface area contributed by atoms with Crippen molar-refractivity contribution >= 4 is 41.3 Å². The second-order valence-electron chi connectivity index (χ2n) is 18.3. The first-order chi connectivity index (χ1) is 29.4. The van der Waals surface area contributed by atoms with Crippen molar-refractivity contribution in [3.8, 4) is 17.6 Å². The summed E-state index contributed by atoms with van der Waals surface area (Å²) in [6, 6.07) is 22.7. The number of allylic oxidation sites excluding steroid dienone is 6. The van der Waals surface area contributed by atoms with Crippen LogP contribution >= 0.6 is 0 Å². The summed E-state index contributed by atoms with van der Waals surface area (Å²) < 4.78 is 43.2. The predicted molar refractivity (Wildman–Crippen MR) is 244 cm³/mol. The number of methoxy groups -OCH3 is 1. The number of aryl methyl sites for hydroxylation is 2. The minimum absolute atomic E-state index is 0.102. The van der Waals surface area contributed by atoms with Crippen molar-refractivity contribution in [3.05, 3.63) is 153 Å². The van der Waals surface area contributed by atoms with Crippen molar-refractivity contribution < 1.29 is 37.2 Å². The normalized spacial score (nSPS) is 19.7. The van der Waals surface area contributed by atoms with E-state index in [4.69, 9.17) is 4.74 Å². The number of hydrogen-bond donors (Lipinski definition) is 1. The van der Waals surface area contributed by atoms with Crippen molar-refractivity contribution in [2.45, 2.75) is 91.9 Å². The average Bonchev–Trinajstić information content (AvgIpc) is 3.84. The lowest BCUT2D eigenvalue weighted by Crippen LogP contribution is -3.04. The highest BCUT2D eigenvalue weighted by Gasteiger charge is 2.55. The molecule has 7 nitrogen and oxygen atoms in total. The number of quaternary nitrogens is 1. The fourth-order valence-electron chi connectivity index (χ4n) is 10.6. The van der Waals surface area contributed by atoms with Crippen LogP contribution in [0.2, 0.25) is 0 Å². The molecule has 0 spiro atoms. The van der Waals surface area contributed by atoms with Crippen LogP contribution in [-0.2, 0) is 20.7 Å². The molecule has 3 aromatic carbocycles. The van der Waals surface area contributed by atoms with Gasteiger partial charge in [-0.15, -0.1) is 0 Å². The number of unbranched alkanes of at least 4 members (excludes halogenated alkanes) is 2. The molecule has 1 N–H and O–H groups in total. The molecule has 8 rings (SSSR count). The van der Waals surface area contributed by atoms with E-state index in [0.29, 0.717) is 35.0 Å². The van der Waals surface area contributed by atoms with E-state index in [2.05, 4.69) is 112 Å². The summed E-state index contributed by atoms with van der Waals surface area (Å²) in [6.45, 7) is 13.2. The third-order valence-electron chi connectivity index (χ3n) is 13.5. The van der Waals surface area contributed by atoms with Gasteiger partial charge in [-0.2, -0.15) is 4.58 Å². The molecule has 10 heteroatoms. The molecular formula is C52H56BF2N4O3+2. The summed E-state index contributed by atoms with van der Waals surface area (Å²) in [5.74, 6) is 6.35. The number of aromatic nitrogens is 1. The predicted octanol–water partition coefficient (Wildman–Crippen LogP) is 9.41. The van der Waals surface area contributed by atoms with Crippen molar-refractivity contribution in [1.82, 2.24) is 4.48 Å². The monoisotopic (exact) mass is 833 g/mol. The van der Waals surface area contributed by atoms with Crippen LogP contribution in [0.4, 0.5) is 20.0 Å². The second-order valence-corrected chi connectivity index (χ2v) is 18.3. The van der Waals surface area contributed by atoms with Gasteiger partial charge in [0.05, 0.1) is 36.5 Å². The van der Waals surface area contributed by atoms with Crippen molar-refractivity contribution in [1.29, 1.82) is 0 Å². The fourth-order valence-corrected chi connectivity index (χ4v) is 10.6. The number of para-hydroxylation sites is 1. The highest BCUT2D eigenvalue weighted by Crippen LogP contribution is 2.47. The van der Waals surface area contributed by atoms with Crippen LogP contribution in [0.1, 0.15) is 112 Å². The molecule has 4 aliphatic heterocycles. The van der Waals surface area contributed by atoms with E-state index in [0.717, 1.165) is 58.5 Å². The van der Waals surface area contributed by atoms with E-state index in [9.17, 15) is 9.90 Å². The molecule has 0 aliphatic carbocycles. The van der Waals surface area contributed by atoms with E-state index in [-0.39, 0.29) is 17.3 Å². The molecule has 0 saturated carbocycles. The summed E-state index contributed by atoms with van der Waals surface area (Å²) in [4.78, 5) is 12.3. The summed E-state index contributed by atoms with van der Waals surface area (Å²) in [5, 5.41) is 11.0. The van der Waals surface area contributed by atoms with Crippen LogP contribution in [-0.4, -0.2) is 58.6 Å². The summed E-state index contributed by atoms with van der Waals surface area (Å²) >= 11 is 0. The van der Waals surface area contributed by atoms with Crippen molar-refractivity contribution in [2.75, 3.05) is 20.7 Å². The highest BCUT2D eigenvalue weighted by molar-refractivity contribution is 6.58. The van der Waals surface area contributed by atoms with Gasteiger partial charge < -0.3 is 22.3 Å². The molecule has 62 heavy (non-hydrogen) atoms. The number of benzene rings is 3. The van der Waals surface area contributed by atoms with E-state index in [1.807, 2.05) is 44.2 Å². The second kappa shape index (κ2) is 15.7. The van der Waals surface area contributed by atoms with Gasteiger partial charge in [0.2, 0.25) is 5.69 Å². The SMILES string of the molecule is COc1cc(C#Cc2ccc3c(c2)C(C)(C)C(C=CC=C2[NH+](CCCCCC([O])=O)c4ccccc4C2(C)C)=[N+]3C)ccc1C1=C2C(C)=CC(C)=[N+]2[B-](F)(F)n2c(C)cc(C)c21. The number of nitrogens with zero attached hydrogens (tertiary/aromatic N) is 3. The first kappa shape index (κ1) is 42.6. The number of ether oxygens (including phenoxy) is 1. The molecule has 0 bridgehead atoms. The number of carbonyl (C=O) groups excluding carboxylic acids is 1. The number of halogens is 2. The fraction of sp³-hybridized carbons (Fsp3) is 0.327. The largest absolute Gasteiger partial charge is 0.737 e. The molecule has 0 amide bonds. The number of fused-ring (bicyclic) bond motifs is 4. The first-order valence-electron chi connectivity index (χ1n) is 21.7. The Morgan fingerprint density at radius 2 is 1.61 bits per heavy atom. The number of carbonyl (C=O) groups is 1. The van der Waals surface area contributed by atoms with Crippen molar-refractivity contribution in [2.24, 2.45) is 0 Å². The van der Waals surface area contributed by atoms with Crippen LogP contribution in [0, 0.1) is 25.7 Å². The maximum absolute atomic E-state index is 16.3. The molecule has 0 saturated heterocycles. The molecule has 1 atom stereocenters. The highest BCUT2D eigenvalue weighted by atomic mass is 19.2. The van der Waals surface area contributed by atoms with Gasteiger partial charge in [-0.3, -0.25) is 4.90 Å². The molecule has 0 fully saturated rings. The quantitative estimate of drug-likeness (QED) is 0.0750. The average molecular weight is 834 g/mol. The maximum atomic E-state index is 16.3. The Bertz CT molecular complexity index is 2840. The van der Waals surface area contributed by atoms with Crippen molar-refractivity contribution in [3.63, 3.8) is 0 Å². The van der Waals surface area contributed by atoms with Gasteiger partial charge in [-0.1, -0.05) is 36.1 Å². The van der Waals surface area contributed by atoms with E-state index < -0.39 is 12.9 Å². The molecule has 4 aliphatic rings. The maximum Gasteiger partial charge on any atom is 0.737 e. The van der Waals surface area contributed by atoms with Gasteiger partial charge >= 0.3 is 12.9 Å². The van der Waals surface area contributed by atoms with E-state index >= 15 is 8.63 Å². The number of hydrogen-bond acceptors (Lipinski definition) is 2. The summed E-state index contributed by atoms with van der Waals surface area (Å²) in [7, 11) is 3.73. The molecule has 5 heterocycles. The zero-order valence-corrected chi connectivity index (χ0v) is 37.6. The Morgan fingerprint density at radius 3 is 2.34 bits per heavy atom. The van der Waals surface area contributed by atoms with Crippen LogP contribution in [0.25, 0.3) is 5.57 Å². The molecule has 1 radical (unpaired) electrons. The lowest BCUT2D eigenvalue weighted by atomic mass is 9.80. The third-order valence-corrected chi connectivity index (χ3v) is 13.5. The number of rotatable bonds is 10. The van der Waals surface area contributed by atoms with Crippen LogP contribution in [0.3, 0.4) is 0 Å². The van der Waals surface area contributed by atoms with E-state index in [1.165, 1.54) is 42.1 Å². The van der Waals surface area contributed by atoms with Gasteiger partial charge in [0.15, 0.2) is 11.4 Å². The Morgan fingerprint density at radius 1 is 0.903 bits per heavy atom. The van der Waals surface area contributed by atoms with Crippen LogP contribution in [0.5, 0.6) is 5.75 Å². The minimum atomic E-state index is -4.08. The van der Waals surface area contributed by atoms with Gasteiger partial charge in [-0.25, -0.2) is 9.90 Å². The van der Waals surface area contributed by atoms with Gasteiger partial charge in [0.25, 0.3) is 0 Å². The van der Waals surface area contributed by atoms with Gasteiger partial charge in [0, 0.05) is 64.2 Å². The van der Waals surface area contributed by atoms with Gasteiger partial charge in [0.1, 0.15) is 29.9 Å². The van der Waals surface area contributed by atoms with Gasteiger partial charge in [-0.05, 0) is 128 Å². The van der Waals surface area contributed by atoms with Crippen LogP contribution in [0.15, 0.2) is 108 Å². The summed E-state index contributed by atoms with van der Waals surface area (Å²) in [5.41, 5.74) is 13.7. The third kappa shape index (κ3) is 6.91. The lowest BCUT2D eigenvalue weighted by Gasteiger charge is -2.34. The lowest BCUT2D eigenvalue weighted by molar-refractivity contribution is -0.789. The molecule has 1 unspecified atom stereocenters.